The maximum atomic E-state index is 12.2. The SMILES string of the molecule is C/C(=N/NC(=O)[C@@H](C)Sc1nc(C)cc(C)n1)c1ccc(Br)cc1. The van der Waals surface area contributed by atoms with Crippen LogP contribution in [0.4, 0.5) is 0 Å². The lowest BCUT2D eigenvalue weighted by Crippen LogP contribution is -2.28. The Morgan fingerprint density at radius 3 is 2.38 bits per heavy atom. The first-order chi connectivity index (χ1) is 11.3. The van der Waals surface area contributed by atoms with E-state index in [2.05, 4.69) is 36.4 Å². The fraction of sp³-hybridized carbons (Fsp3) is 0.294. The first kappa shape index (κ1) is 18.6. The van der Waals surface area contributed by atoms with Crippen molar-refractivity contribution in [2.24, 2.45) is 5.10 Å². The summed E-state index contributed by atoms with van der Waals surface area (Å²) in [5.74, 6) is -0.181. The summed E-state index contributed by atoms with van der Waals surface area (Å²) < 4.78 is 1.00. The molecule has 1 heterocycles. The number of carbonyl (C=O) groups is 1. The lowest BCUT2D eigenvalue weighted by Gasteiger charge is -2.10. The second-order valence-electron chi connectivity index (χ2n) is 5.37. The van der Waals surface area contributed by atoms with Crippen LogP contribution in [0.15, 0.2) is 45.1 Å². The predicted octanol–water partition coefficient (Wildman–Crippen LogP) is 3.88. The quantitative estimate of drug-likeness (QED) is 0.354. The van der Waals surface area contributed by atoms with E-state index in [9.17, 15) is 4.79 Å². The van der Waals surface area contributed by atoms with Gasteiger partial charge in [0, 0.05) is 15.9 Å². The standard InChI is InChI=1S/C17H19BrN4OS/c1-10-9-11(2)20-17(19-10)24-13(4)16(23)22-21-12(3)14-5-7-15(18)8-6-14/h5-9,13H,1-4H3,(H,22,23)/b21-12-/t13-/m1/s1. The largest absolute Gasteiger partial charge is 0.272 e. The Bertz CT molecular complexity index is 741. The molecule has 1 aromatic carbocycles. The third-order valence-electron chi connectivity index (χ3n) is 3.21. The summed E-state index contributed by atoms with van der Waals surface area (Å²) in [5, 5.41) is 4.43. The summed E-state index contributed by atoms with van der Waals surface area (Å²) in [6.45, 7) is 7.49. The van der Waals surface area contributed by atoms with Crippen LogP contribution in [0, 0.1) is 13.8 Å². The summed E-state index contributed by atoms with van der Waals surface area (Å²) in [6.07, 6.45) is 0. The Balaban J connectivity index is 1.98. The maximum Gasteiger partial charge on any atom is 0.253 e. The Labute approximate surface area is 154 Å². The third kappa shape index (κ3) is 5.42. The minimum atomic E-state index is -0.340. The highest BCUT2D eigenvalue weighted by molar-refractivity contribution is 9.10. The Hall–Kier alpha value is -1.73. The molecular weight excluding hydrogens is 388 g/mol. The average Bonchev–Trinajstić information content (AvgIpc) is 2.51. The molecule has 0 aliphatic heterocycles. The molecule has 0 spiro atoms. The molecular formula is C17H19BrN4OS. The van der Waals surface area contributed by atoms with E-state index in [-0.39, 0.29) is 11.2 Å². The topological polar surface area (TPSA) is 67.2 Å². The number of aryl methyl sites for hydroxylation is 2. The van der Waals surface area contributed by atoms with Crippen LogP contribution >= 0.6 is 27.7 Å². The molecule has 126 valence electrons. The predicted molar refractivity (Wildman–Crippen MR) is 101 cm³/mol. The van der Waals surface area contributed by atoms with Gasteiger partial charge in [-0.3, -0.25) is 4.79 Å². The number of hydrogen-bond donors (Lipinski definition) is 1. The molecule has 0 fully saturated rings. The number of nitrogens with one attached hydrogen (secondary N) is 1. The number of benzene rings is 1. The molecule has 1 N–H and O–H groups in total. The van der Waals surface area contributed by atoms with Crippen LogP contribution in [0.25, 0.3) is 0 Å². The molecule has 0 saturated heterocycles. The van der Waals surface area contributed by atoms with Crippen LogP contribution in [0.5, 0.6) is 0 Å². The summed E-state index contributed by atoms with van der Waals surface area (Å²) in [7, 11) is 0. The van der Waals surface area contributed by atoms with Gasteiger partial charge in [0.25, 0.3) is 5.91 Å². The lowest BCUT2D eigenvalue weighted by atomic mass is 10.1. The summed E-state index contributed by atoms with van der Waals surface area (Å²) in [6, 6.07) is 9.66. The number of hydrazone groups is 1. The average molecular weight is 407 g/mol. The van der Waals surface area contributed by atoms with Crippen molar-refractivity contribution in [3.63, 3.8) is 0 Å². The molecule has 1 atom stereocenters. The minimum absolute atomic E-state index is 0.181. The molecule has 0 aliphatic rings. The molecule has 7 heteroatoms. The van der Waals surface area contributed by atoms with Crippen LogP contribution in [-0.2, 0) is 4.79 Å². The van der Waals surface area contributed by atoms with Crippen LogP contribution in [0.1, 0.15) is 30.8 Å². The van der Waals surface area contributed by atoms with Crippen molar-refractivity contribution in [2.75, 3.05) is 0 Å². The zero-order valence-corrected chi connectivity index (χ0v) is 16.4. The zero-order chi connectivity index (χ0) is 17.7. The second kappa shape index (κ2) is 8.39. The number of halogens is 1. The van der Waals surface area contributed by atoms with Gasteiger partial charge in [0.2, 0.25) is 0 Å². The van der Waals surface area contributed by atoms with Crippen molar-refractivity contribution >= 4 is 39.3 Å². The smallest absolute Gasteiger partial charge is 0.253 e. The van der Waals surface area contributed by atoms with E-state index in [1.54, 1.807) is 0 Å². The van der Waals surface area contributed by atoms with Gasteiger partial charge in [-0.1, -0.05) is 39.8 Å². The number of rotatable bonds is 5. The fourth-order valence-corrected chi connectivity index (χ4v) is 3.08. The molecule has 2 aromatic rings. The minimum Gasteiger partial charge on any atom is -0.272 e. The molecule has 24 heavy (non-hydrogen) atoms. The van der Waals surface area contributed by atoms with Gasteiger partial charge in [-0.2, -0.15) is 5.10 Å². The van der Waals surface area contributed by atoms with Gasteiger partial charge in [0.15, 0.2) is 5.16 Å². The summed E-state index contributed by atoms with van der Waals surface area (Å²) >= 11 is 4.71. The molecule has 0 aliphatic carbocycles. The van der Waals surface area contributed by atoms with Crippen molar-refractivity contribution in [2.45, 2.75) is 38.1 Å². The van der Waals surface area contributed by atoms with Gasteiger partial charge in [0.05, 0.1) is 11.0 Å². The molecule has 2 rings (SSSR count). The number of hydrogen-bond acceptors (Lipinski definition) is 5. The van der Waals surface area contributed by atoms with E-state index in [4.69, 9.17) is 0 Å². The first-order valence-corrected chi connectivity index (χ1v) is 9.11. The lowest BCUT2D eigenvalue weighted by molar-refractivity contribution is -0.120. The van der Waals surface area contributed by atoms with Gasteiger partial charge in [-0.15, -0.1) is 0 Å². The second-order valence-corrected chi connectivity index (χ2v) is 7.60. The Morgan fingerprint density at radius 2 is 1.79 bits per heavy atom. The first-order valence-electron chi connectivity index (χ1n) is 7.44. The molecule has 0 unspecified atom stereocenters. The maximum absolute atomic E-state index is 12.2. The molecule has 1 amide bonds. The number of nitrogens with zero attached hydrogens (tertiary/aromatic N) is 3. The Morgan fingerprint density at radius 1 is 1.21 bits per heavy atom. The Kier molecular flexibility index (Phi) is 6.51. The van der Waals surface area contributed by atoms with Crippen LogP contribution in [-0.4, -0.2) is 26.8 Å². The van der Waals surface area contributed by atoms with Crippen LogP contribution < -0.4 is 5.43 Å². The van der Waals surface area contributed by atoms with Crippen LogP contribution in [0.2, 0.25) is 0 Å². The van der Waals surface area contributed by atoms with Gasteiger partial charge >= 0.3 is 0 Å². The van der Waals surface area contributed by atoms with E-state index in [0.717, 1.165) is 27.1 Å². The van der Waals surface area contributed by atoms with E-state index < -0.39 is 0 Å². The van der Waals surface area contributed by atoms with E-state index >= 15 is 0 Å². The normalized spacial score (nSPS) is 12.8. The van der Waals surface area contributed by atoms with E-state index in [0.29, 0.717) is 5.16 Å². The number of aromatic nitrogens is 2. The number of carbonyl (C=O) groups excluding carboxylic acids is 1. The third-order valence-corrected chi connectivity index (χ3v) is 4.70. The van der Waals surface area contributed by atoms with Crippen molar-refractivity contribution in [1.29, 1.82) is 0 Å². The highest BCUT2D eigenvalue weighted by Gasteiger charge is 2.16. The molecule has 1 aromatic heterocycles. The zero-order valence-electron chi connectivity index (χ0n) is 14.0. The number of amides is 1. The van der Waals surface area contributed by atoms with E-state index in [1.165, 1.54) is 11.8 Å². The van der Waals surface area contributed by atoms with Crippen molar-refractivity contribution in [3.05, 3.63) is 51.8 Å². The van der Waals surface area contributed by atoms with Gasteiger partial charge in [-0.05, 0) is 51.5 Å². The highest BCUT2D eigenvalue weighted by Crippen LogP contribution is 2.20. The molecule has 0 saturated carbocycles. The van der Waals surface area contributed by atoms with Gasteiger partial charge in [0.1, 0.15) is 0 Å². The number of thioether (sulfide) groups is 1. The summed E-state index contributed by atoms with van der Waals surface area (Å²) in [4.78, 5) is 20.9. The highest BCUT2D eigenvalue weighted by atomic mass is 79.9. The summed E-state index contributed by atoms with van der Waals surface area (Å²) in [5.41, 5.74) is 6.09. The van der Waals surface area contributed by atoms with Gasteiger partial charge in [-0.25, -0.2) is 15.4 Å². The molecule has 0 bridgehead atoms. The monoisotopic (exact) mass is 406 g/mol. The van der Waals surface area contributed by atoms with Crippen molar-refractivity contribution in [3.8, 4) is 0 Å². The van der Waals surface area contributed by atoms with Gasteiger partial charge < -0.3 is 0 Å². The fourth-order valence-electron chi connectivity index (χ4n) is 1.94. The molecule has 5 nitrogen and oxygen atoms in total. The van der Waals surface area contributed by atoms with E-state index in [1.807, 2.05) is 58.0 Å². The van der Waals surface area contributed by atoms with Crippen molar-refractivity contribution in [1.82, 2.24) is 15.4 Å². The van der Waals surface area contributed by atoms with Crippen molar-refractivity contribution < 1.29 is 4.79 Å². The van der Waals surface area contributed by atoms with Crippen LogP contribution in [0.3, 0.4) is 0 Å². The molecule has 0 radical (unpaired) electrons.